The molecule has 0 spiro atoms. The summed E-state index contributed by atoms with van der Waals surface area (Å²) >= 11 is 18.6. The molecule has 0 radical (unpaired) electrons. The molecule has 3 rings (SSSR count). The summed E-state index contributed by atoms with van der Waals surface area (Å²) in [6, 6.07) is 5.58. The summed E-state index contributed by atoms with van der Waals surface area (Å²) in [5, 5.41) is 8.96. The molecule has 102 valence electrons. The molecule has 4 nitrogen and oxygen atoms in total. The van der Waals surface area contributed by atoms with Gasteiger partial charge < -0.3 is 4.98 Å². The van der Waals surface area contributed by atoms with Crippen molar-refractivity contribution in [2.24, 2.45) is 0 Å². The summed E-state index contributed by atoms with van der Waals surface area (Å²) in [6.45, 7) is 0. The number of nitrogens with one attached hydrogen (secondary N) is 2. The van der Waals surface area contributed by atoms with Gasteiger partial charge in [0.1, 0.15) is 20.7 Å². The minimum absolute atomic E-state index is 0.528. The maximum atomic E-state index is 6.00. The third-order valence-corrected chi connectivity index (χ3v) is 4.76. The van der Waals surface area contributed by atoms with E-state index in [2.05, 4.69) is 20.2 Å². The van der Waals surface area contributed by atoms with Gasteiger partial charge in [-0.25, -0.2) is 4.98 Å². The second-order valence-corrected chi connectivity index (χ2v) is 6.21. The van der Waals surface area contributed by atoms with Crippen LogP contribution in [0.15, 0.2) is 29.6 Å². The lowest BCUT2D eigenvalue weighted by Crippen LogP contribution is -1.90. The van der Waals surface area contributed by atoms with Gasteiger partial charge in [0.2, 0.25) is 0 Å². The Hall–Kier alpha value is -1.08. The summed E-state index contributed by atoms with van der Waals surface area (Å²) in [5.74, 6) is 0.725. The molecule has 2 N–H and O–H groups in total. The fourth-order valence-corrected chi connectivity index (χ4v) is 3.14. The van der Waals surface area contributed by atoms with Crippen LogP contribution in [0.5, 0.6) is 0 Å². The zero-order chi connectivity index (χ0) is 14.1. The highest BCUT2D eigenvalue weighted by molar-refractivity contribution is 7.98. The Morgan fingerprint density at radius 2 is 2.10 bits per heavy atom. The Kier molecular flexibility index (Phi) is 3.98. The number of rotatable bonds is 3. The number of H-pyrrole nitrogens is 2. The molecule has 0 saturated heterocycles. The van der Waals surface area contributed by atoms with Crippen molar-refractivity contribution in [1.29, 1.82) is 0 Å². The van der Waals surface area contributed by atoms with Gasteiger partial charge in [0.05, 0.1) is 16.4 Å². The Morgan fingerprint density at radius 3 is 2.90 bits per heavy atom. The first-order chi connectivity index (χ1) is 9.65. The number of nitrogens with zero attached hydrogens (tertiary/aromatic N) is 2. The van der Waals surface area contributed by atoms with Crippen LogP contribution in [0.1, 0.15) is 5.56 Å². The number of benzene rings is 1. The number of fused-ring (bicyclic) bond motifs is 1. The maximum absolute atomic E-state index is 6.00. The molecule has 0 unspecified atom stereocenters. The number of aromatic amines is 2. The van der Waals surface area contributed by atoms with Crippen LogP contribution in [0, 0.1) is 4.64 Å². The van der Waals surface area contributed by atoms with E-state index in [0.717, 1.165) is 27.4 Å². The predicted octanol–water partition coefficient (Wildman–Crippen LogP) is 4.61. The van der Waals surface area contributed by atoms with Crippen molar-refractivity contribution in [3.05, 3.63) is 44.8 Å². The maximum Gasteiger partial charge on any atom is 0.147 e. The van der Waals surface area contributed by atoms with Crippen LogP contribution in [-0.2, 0) is 5.75 Å². The van der Waals surface area contributed by atoms with Crippen LogP contribution in [0.4, 0.5) is 0 Å². The molecule has 0 aliphatic heterocycles. The van der Waals surface area contributed by atoms with Gasteiger partial charge >= 0.3 is 0 Å². The van der Waals surface area contributed by atoms with Gasteiger partial charge in [-0.2, -0.15) is 5.10 Å². The third kappa shape index (κ3) is 2.69. The van der Waals surface area contributed by atoms with Crippen molar-refractivity contribution >= 4 is 58.2 Å². The van der Waals surface area contributed by atoms with Gasteiger partial charge in [-0.15, -0.1) is 0 Å². The Morgan fingerprint density at radius 1 is 1.25 bits per heavy atom. The molecular weight excluding hydrogens is 335 g/mol. The third-order valence-electron chi connectivity index (χ3n) is 2.69. The Balaban J connectivity index is 1.87. The first kappa shape index (κ1) is 13.9. The largest absolute Gasteiger partial charge is 0.342 e. The van der Waals surface area contributed by atoms with E-state index in [0.29, 0.717) is 14.7 Å². The van der Waals surface area contributed by atoms with E-state index in [1.165, 1.54) is 0 Å². The number of halogens is 2. The van der Waals surface area contributed by atoms with Crippen LogP contribution in [-0.4, -0.2) is 20.2 Å². The average molecular weight is 343 g/mol. The molecule has 2 aromatic heterocycles. The molecule has 0 bridgehead atoms. The number of imidazole rings is 1. The molecule has 2 heterocycles. The molecule has 8 heteroatoms. The summed E-state index contributed by atoms with van der Waals surface area (Å²) in [7, 11) is 0. The number of hydrogen-bond donors (Lipinski definition) is 2. The highest BCUT2D eigenvalue weighted by atomic mass is 35.5. The summed E-state index contributed by atoms with van der Waals surface area (Å²) < 4.78 is 0.528. The fourth-order valence-electron chi connectivity index (χ4n) is 1.73. The molecular formula is C12H8Cl2N4S2. The van der Waals surface area contributed by atoms with E-state index in [9.17, 15) is 0 Å². The number of thioether (sulfide) groups is 1. The molecule has 1 aromatic carbocycles. The molecule has 0 atom stereocenters. The topological polar surface area (TPSA) is 57.4 Å². The van der Waals surface area contributed by atoms with Gasteiger partial charge in [-0.1, -0.05) is 53.2 Å². The van der Waals surface area contributed by atoms with Crippen LogP contribution >= 0.6 is 47.2 Å². The van der Waals surface area contributed by atoms with Gasteiger partial charge in [0.25, 0.3) is 0 Å². The van der Waals surface area contributed by atoms with Crippen LogP contribution in [0.2, 0.25) is 10.0 Å². The number of aromatic nitrogens is 4. The fraction of sp³-hybridized carbons (Fsp3) is 0.0833. The zero-order valence-corrected chi connectivity index (χ0v) is 13.1. The smallest absolute Gasteiger partial charge is 0.147 e. The molecule has 3 aromatic rings. The van der Waals surface area contributed by atoms with E-state index in [4.69, 9.17) is 35.4 Å². The minimum Gasteiger partial charge on any atom is -0.342 e. The van der Waals surface area contributed by atoms with E-state index in [1.54, 1.807) is 24.2 Å². The van der Waals surface area contributed by atoms with Crippen LogP contribution in [0.3, 0.4) is 0 Å². The summed E-state index contributed by atoms with van der Waals surface area (Å²) in [6.07, 6.45) is 1.61. The molecule has 0 saturated carbocycles. The lowest BCUT2D eigenvalue weighted by Gasteiger charge is -2.04. The normalized spacial score (nSPS) is 11.1. The van der Waals surface area contributed by atoms with Crippen molar-refractivity contribution in [1.82, 2.24) is 20.2 Å². The predicted molar refractivity (Wildman–Crippen MR) is 85.1 cm³/mol. The van der Waals surface area contributed by atoms with Crippen LogP contribution < -0.4 is 0 Å². The Bertz CT molecular complexity index is 828. The van der Waals surface area contributed by atoms with Gasteiger partial charge in [-0.3, -0.25) is 5.10 Å². The average Bonchev–Trinajstić information content (AvgIpc) is 2.92. The summed E-state index contributed by atoms with van der Waals surface area (Å²) in [5.41, 5.74) is 2.65. The van der Waals surface area contributed by atoms with Crippen molar-refractivity contribution in [2.45, 2.75) is 10.8 Å². The van der Waals surface area contributed by atoms with E-state index < -0.39 is 0 Å². The SMILES string of the molecule is S=c1[nH]nc(SCc2ccc(Cl)c(Cl)c2)c2[nH]cnc12. The standard InChI is InChI=1S/C12H8Cl2N4S2/c13-7-2-1-6(3-8(7)14)4-20-12-10-9(15-5-16-10)11(19)17-18-12/h1-3,5H,4H2,(H,15,16)(H,17,19). The highest BCUT2D eigenvalue weighted by Gasteiger charge is 2.08. The van der Waals surface area contributed by atoms with E-state index >= 15 is 0 Å². The molecule has 0 aliphatic rings. The van der Waals surface area contributed by atoms with Gasteiger partial charge in [0.15, 0.2) is 0 Å². The first-order valence-electron chi connectivity index (χ1n) is 5.63. The van der Waals surface area contributed by atoms with Gasteiger partial charge in [0, 0.05) is 5.75 Å². The van der Waals surface area contributed by atoms with Gasteiger partial charge in [-0.05, 0) is 17.7 Å². The van der Waals surface area contributed by atoms with Crippen molar-refractivity contribution in [3.63, 3.8) is 0 Å². The molecule has 0 fully saturated rings. The lowest BCUT2D eigenvalue weighted by atomic mass is 10.2. The Labute approximate surface area is 133 Å². The monoisotopic (exact) mass is 342 g/mol. The summed E-state index contributed by atoms with van der Waals surface area (Å²) in [4.78, 5) is 7.23. The quantitative estimate of drug-likeness (QED) is 0.538. The molecule has 0 amide bonds. The zero-order valence-electron chi connectivity index (χ0n) is 9.98. The minimum atomic E-state index is 0.528. The second kappa shape index (κ2) is 5.73. The molecule has 0 aliphatic carbocycles. The second-order valence-electron chi connectivity index (χ2n) is 4.02. The molecule has 20 heavy (non-hydrogen) atoms. The van der Waals surface area contributed by atoms with Crippen molar-refractivity contribution in [3.8, 4) is 0 Å². The first-order valence-corrected chi connectivity index (χ1v) is 7.78. The van der Waals surface area contributed by atoms with Crippen molar-refractivity contribution in [2.75, 3.05) is 0 Å². The van der Waals surface area contributed by atoms with E-state index in [1.807, 2.05) is 12.1 Å². The van der Waals surface area contributed by atoms with Crippen molar-refractivity contribution < 1.29 is 0 Å². The van der Waals surface area contributed by atoms with E-state index in [-0.39, 0.29) is 0 Å². The van der Waals surface area contributed by atoms with Crippen LogP contribution in [0.25, 0.3) is 11.0 Å². The number of hydrogen-bond acceptors (Lipinski definition) is 4. The lowest BCUT2D eigenvalue weighted by molar-refractivity contribution is 0.939. The highest BCUT2D eigenvalue weighted by Crippen LogP contribution is 2.29.